The molecule has 1 aromatic carbocycles. The molecule has 0 aliphatic carbocycles. The van der Waals surface area contributed by atoms with Crippen LogP contribution in [0.3, 0.4) is 0 Å². The maximum atomic E-state index is 13.1. The highest BCUT2D eigenvalue weighted by Gasteiger charge is 2.67. The first-order valence-electron chi connectivity index (χ1n) is 6.25. The van der Waals surface area contributed by atoms with Crippen LogP contribution in [0.5, 0.6) is 0 Å². The molecule has 1 amide bonds. The molecule has 0 bridgehead atoms. The quantitative estimate of drug-likeness (QED) is 0.851. The zero-order chi connectivity index (χ0) is 16.5. The summed E-state index contributed by atoms with van der Waals surface area (Å²) < 4.78 is 39.2. The van der Waals surface area contributed by atoms with E-state index in [1.54, 1.807) is 18.2 Å². The third-order valence-electron chi connectivity index (χ3n) is 3.10. The number of likely N-dealkylation sites (N-methyl/N-ethyl adjacent to an activating group) is 1. The number of hydrogen-bond acceptors (Lipinski definition) is 5. The number of nitrogens with one attached hydrogen (secondary N) is 1. The minimum absolute atomic E-state index is 0.150. The van der Waals surface area contributed by atoms with Crippen molar-refractivity contribution in [3.8, 4) is 0 Å². The third-order valence-corrected chi connectivity index (χ3v) is 3.10. The first kappa shape index (κ1) is 16.1. The molecule has 0 saturated heterocycles. The van der Waals surface area contributed by atoms with E-state index in [0.29, 0.717) is 0 Å². The number of benzene rings is 1. The van der Waals surface area contributed by atoms with Crippen molar-refractivity contribution in [2.45, 2.75) is 18.0 Å². The van der Waals surface area contributed by atoms with Crippen LogP contribution in [-0.2, 0) is 4.84 Å². The number of hydrogen-bond donors (Lipinski definition) is 2. The first-order valence-corrected chi connectivity index (χ1v) is 6.25. The largest absolute Gasteiger partial charge is 0.460 e. The maximum Gasteiger partial charge on any atom is 0.460 e. The van der Waals surface area contributed by atoms with Gasteiger partial charge in [0.05, 0.1) is 0 Å². The van der Waals surface area contributed by atoms with Crippen LogP contribution in [0.2, 0.25) is 0 Å². The number of amides is 1. The second-order valence-electron chi connectivity index (χ2n) is 4.90. The molecule has 2 rings (SSSR count). The van der Waals surface area contributed by atoms with Gasteiger partial charge in [0.15, 0.2) is 11.9 Å². The Hall–Kier alpha value is -2.29. The van der Waals surface area contributed by atoms with E-state index in [9.17, 15) is 23.1 Å². The molecule has 120 valence electrons. The summed E-state index contributed by atoms with van der Waals surface area (Å²) in [4.78, 5) is 17.5. The minimum Gasteiger partial charge on any atom is -0.362 e. The molecule has 9 heteroatoms. The van der Waals surface area contributed by atoms with E-state index in [4.69, 9.17) is 0 Å². The van der Waals surface area contributed by atoms with Crippen LogP contribution in [0.25, 0.3) is 0 Å². The number of aliphatic hydroxyl groups is 1. The monoisotopic (exact) mass is 317 g/mol. The molecular formula is C13H14F3N3O3. The van der Waals surface area contributed by atoms with Gasteiger partial charge < -0.3 is 20.2 Å². The Morgan fingerprint density at radius 3 is 2.45 bits per heavy atom. The molecule has 2 N–H and O–H groups in total. The normalized spacial score (nSPS) is 24.5. The van der Waals surface area contributed by atoms with Crippen LogP contribution in [0.4, 0.5) is 13.2 Å². The number of halogens is 3. The van der Waals surface area contributed by atoms with Gasteiger partial charge in [-0.1, -0.05) is 23.4 Å². The Labute approximate surface area is 124 Å². The number of nitrogens with zero attached hydrogens (tertiary/aromatic N) is 2. The molecular weight excluding hydrogens is 303 g/mol. The van der Waals surface area contributed by atoms with Gasteiger partial charge in [-0.3, -0.25) is 4.79 Å². The zero-order valence-electron chi connectivity index (χ0n) is 11.8. The van der Waals surface area contributed by atoms with Crippen LogP contribution in [-0.4, -0.2) is 53.8 Å². The Morgan fingerprint density at radius 1 is 1.36 bits per heavy atom. The maximum absolute atomic E-state index is 13.1. The summed E-state index contributed by atoms with van der Waals surface area (Å²) in [6, 6.07) is 5.78. The Bertz CT molecular complexity index is 589. The highest BCUT2D eigenvalue weighted by Crippen LogP contribution is 2.38. The van der Waals surface area contributed by atoms with Crippen molar-refractivity contribution in [3.05, 3.63) is 35.9 Å². The van der Waals surface area contributed by atoms with Gasteiger partial charge in [0.2, 0.25) is 0 Å². The molecule has 0 radical (unpaired) electrons. The van der Waals surface area contributed by atoms with Crippen molar-refractivity contribution in [2.24, 2.45) is 5.16 Å². The molecule has 1 aliphatic rings. The Balaban J connectivity index is 2.30. The highest BCUT2D eigenvalue weighted by molar-refractivity contribution is 5.99. The van der Waals surface area contributed by atoms with Crippen LogP contribution in [0.15, 0.2) is 35.5 Å². The van der Waals surface area contributed by atoms with E-state index in [-0.39, 0.29) is 11.4 Å². The number of amidine groups is 1. The standard InChI is InChI=1S/C13H14F3N3O3/c1-19(2)10-9(12(21,22-18-10)13(14,15)16)17-11(20)8-6-4-3-5-7-8/h3-7,9,21H,1-2H3,(H,17,20). The summed E-state index contributed by atoms with van der Waals surface area (Å²) in [7, 11) is 2.85. The number of rotatable bonds is 2. The first-order chi connectivity index (χ1) is 10.2. The number of oxime groups is 1. The van der Waals surface area contributed by atoms with Crippen LogP contribution < -0.4 is 5.32 Å². The van der Waals surface area contributed by atoms with Gasteiger partial charge in [0.25, 0.3) is 5.91 Å². The second-order valence-corrected chi connectivity index (χ2v) is 4.90. The fourth-order valence-electron chi connectivity index (χ4n) is 1.92. The van der Waals surface area contributed by atoms with E-state index in [2.05, 4.69) is 15.3 Å². The molecule has 1 heterocycles. The van der Waals surface area contributed by atoms with E-state index in [1.165, 1.54) is 31.1 Å². The molecule has 22 heavy (non-hydrogen) atoms. The number of carbonyl (C=O) groups is 1. The molecule has 2 unspecified atom stereocenters. The predicted molar refractivity (Wildman–Crippen MR) is 70.9 cm³/mol. The van der Waals surface area contributed by atoms with Crippen LogP contribution >= 0.6 is 0 Å². The lowest BCUT2D eigenvalue weighted by Gasteiger charge is -2.30. The Morgan fingerprint density at radius 2 is 1.95 bits per heavy atom. The lowest BCUT2D eigenvalue weighted by atomic mass is 10.0. The van der Waals surface area contributed by atoms with E-state index < -0.39 is 23.9 Å². The topological polar surface area (TPSA) is 74.2 Å². The van der Waals surface area contributed by atoms with E-state index in [0.717, 1.165) is 0 Å². The summed E-state index contributed by atoms with van der Waals surface area (Å²) in [5.41, 5.74) is 0.150. The molecule has 1 aromatic rings. The lowest BCUT2D eigenvalue weighted by molar-refractivity contribution is -0.361. The van der Waals surface area contributed by atoms with Gasteiger partial charge in [-0.25, -0.2) is 0 Å². The molecule has 1 aliphatic heterocycles. The van der Waals surface area contributed by atoms with Crippen molar-refractivity contribution in [2.75, 3.05) is 14.1 Å². The predicted octanol–water partition coefficient (Wildman–Crippen LogP) is 0.941. The summed E-state index contributed by atoms with van der Waals surface area (Å²) in [6.07, 6.45) is -5.14. The summed E-state index contributed by atoms with van der Waals surface area (Å²) in [5.74, 6) is -4.64. The molecule has 0 aromatic heterocycles. The van der Waals surface area contributed by atoms with Crippen molar-refractivity contribution >= 4 is 11.7 Å². The van der Waals surface area contributed by atoms with Gasteiger partial charge in [-0.2, -0.15) is 13.2 Å². The summed E-state index contributed by atoms with van der Waals surface area (Å²) >= 11 is 0. The average Bonchev–Trinajstić information content (AvgIpc) is 2.78. The van der Waals surface area contributed by atoms with E-state index >= 15 is 0 Å². The van der Waals surface area contributed by atoms with E-state index in [1.807, 2.05) is 0 Å². The van der Waals surface area contributed by atoms with Crippen molar-refractivity contribution in [1.29, 1.82) is 0 Å². The van der Waals surface area contributed by atoms with Crippen molar-refractivity contribution in [3.63, 3.8) is 0 Å². The van der Waals surface area contributed by atoms with Crippen molar-refractivity contribution < 1.29 is 27.9 Å². The van der Waals surface area contributed by atoms with Gasteiger partial charge in [0.1, 0.15) is 0 Å². The Kier molecular flexibility index (Phi) is 4.01. The fourth-order valence-corrected chi connectivity index (χ4v) is 1.92. The van der Waals surface area contributed by atoms with Gasteiger partial charge in [-0.15, -0.1) is 0 Å². The molecule has 2 atom stereocenters. The third kappa shape index (κ3) is 2.71. The van der Waals surface area contributed by atoms with Crippen LogP contribution in [0, 0.1) is 0 Å². The zero-order valence-corrected chi connectivity index (χ0v) is 11.8. The lowest BCUT2D eigenvalue weighted by Crippen LogP contribution is -2.63. The van der Waals surface area contributed by atoms with Crippen molar-refractivity contribution in [1.82, 2.24) is 10.2 Å². The molecule has 0 saturated carbocycles. The number of carbonyl (C=O) groups excluding carboxylic acids is 1. The number of alkyl halides is 3. The minimum atomic E-state index is -5.14. The average molecular weight is 317 g/mol. The van der Waals surface area contributed by atoms with Gasteiger partial charge >= 0.3 is 12.0 Å². The summed E-state index contributed by atoms with van der Waals surface area (Å²) in [5, 5.41) is 15.2. The highest BCUT2D eigenvalue weighted by atomic mass is 19.4. The second kappa shape index (κ2) is 5.48. The van der Waals surface area contributed by atoms with Crippen LogP contribution in [0.1, 0.15) is 10.4 Å². The SMILES string of the molecule is CN(C)C1=NOC(O)(C(F)(F)F)C1NC(=O)c1ccccc1. The van der Waals surface area contributed by atoms with Gasteiger partial charge in [-0.05, 0) is 12.1 Å². The molecule has 0 spiro atoms. The fraction of sp³-hybridized carbons (Fsp3) is 0.385. The summed E-state index contributed by atoms with van der Waals surface area (Å²) in [6.45, 7) is 0. The molecule has 6 nitrogen and oxygen atoms in total. The van der Waals surface area contributed by atoms with Gasteiger partial charge in [0, 0.05) is 19.7 Å². The molecule has 0 fully saturated rings. The smallest absolute Gasteiger partial charge is 0.362 e.